The lowest BCUT2D eigenvalue weighted by Gasteiger charge is -2.22. The van der Waals surface area contributed by atoms with Crippen molar-refractivity contribution in [2.75, 3.05) is 6.61 Å². The summed E-state index contributed by atoms with van der Waals surface area (Å²) in [6.45, 7) is 4.07. The average Bonchev–Trinajstić information content (AvgIpc) is 3.04. The molecule has 0 spiro atoms. The second-order valence-electron chi connectivity index (χ2n) is 14.0. The molecule has 0 fully saturated rings. The summed E-state index contributed by atoms with van der Waals surface area (Å²) in [5, 5.41) is 13.3. The third-order valence-electron chi connectivity index (χ3n) is 9.25. The zero-order valence-corrected chi connectivity index (χ0v) is 31.8. The molecular weight excluding hydrogens is 609 g/mol. The van der Waals surface area contributed by atoms with Crippen LogP contribution in [0.25, 0.3) is 0 Å². The predicted molar refractivity (Wildman–Crippen MR) is 200 cm³/mol. The minimum atomic E-state index is -4.71. The minimum absolute atomic E-state index is 0.224. The molecule has 0 rings (SSSR count). The van der Waals surface area contributed by atoms with Gasteiger partial charge in [0.15, 0.2) is 0 Å². The van der Waals surface area contributed by atoms with Crippen molar-refractivity contribution in [3.8, 4) is 0 Å². The molecule has 0 aliphatic carbocycles. The molecule has 0 unspecified atom stereocenters. The highest BCUT2D eigenvalue weighted by Crippen LogP contribution is 2.35. The molecule has 1 amide bonds. The average molecular weight is 688 g/mol. The number of carbonyl (C=O) groups excluding carboxylic acids is 1. The van der Waals surface area contributed by atoms with Crippen LogP contribution < -0.4 is 5.32 Å². The summed E-state index contributed by atoms with van der Waals surface area (Å²) in [5.74, 6) is -0.224. The van der Waals surface area contributed by atoms with E-state index in [4.69, 9.17) is 9.79 Å². The third kappa shape index (κ3) is 36.4. The molecule has 0 aromatic carbocycles. The van der Waals surface area contributed by atoms with Crippen LogP contribution >= 0.6 is 7.82 Å². The predicted octanol–water partition coefficient (Wildman–Crippen LogP) is 11.6. The smallest absolute Gasteiger partial charge is 0.387 e. The van der Waals surface area contributed by atoms with Crippen molar-refractivity contribution in [2.24, 2.45) is 0 Å². The first kappa shape index (κ1) is 46.3. The summed E-state index contributed by atoms with van der Waals surface area (Å²) in [5.41, 5.74) is 0. The van der Waals surface area contributed by atoms with Crippen molar-refractivity contribution in [3.05, 3.63) is 12.2 Å². The van der Waals surface area contributed by atoms with E-state index in [1.807, 2.05) is 6.08 Å². The van der Waals surface area contributed by atoms with Gasteiger partial charge in [-0.3, -0.25) is 9.32 Å². The van der Waals surface area contributed by atoms with Crippen molar-refractivity contribution in [2.45, 2.75) is 225 Å². The Balaban J connectivity index is 3.92. The molecule has 2 atom stereocenters. The van der Waals surface area contributed by atoms with Crippen molar-refractivity contribution in [1.29, 1.82) is 0 Å². The van der Waals surface area contributed by atoms with E-state index in [0.29, 0.717) is 6.42 Å². The largest absolute Gasteiger partial charge is 0.469 e. The fraction of sp³-hybridized carbons (Fsp3) is 0.923. The molecule has 0 saturated carbocycles. The number of aliphatic hydroxyl groups excluding tert-OH is 1. The Morgan fingerprint density at radius 1 is 0.596 bits per heavy atom. The Morgan fingerprint density at radius 3 is 1.30 bits per heavy atom. The first-order valence-corrected chi connectivity index (χ1v) is 21.7. The summed E-state index contributed by atoms with van der Waals surface area (Å²) in [6.07, 6.45) is 40.9. The lowest BCUT2D eigenvalue weighted by atomic mass is 10.0. The number of unbranched alkanes of at least 4 members (excludes halogenated alkanes) is 28. The topological polar surface area (TPSA) is 116 Å². The zero-order valence-electron chi connectivity index (χ0n) is 31.0. The molecule has 0 aromatic rings. The van der Waals surface area contributed by atoms with Crippen LogP contribution in [-0.2, 0) is 13.9 Å². The first-order chi connectivity index (χ1) is 22.8. The standard InChI is InChI=1S/C39H78NO6P/c1-3-5-7-9-11-13-15-17-18-19-20-21-22-23-25-27-29-31-33-35-39(42)40-37(36-46-47(43,44)45)38(41)34-32-30-28-26-24-16-14-12-10-8-6-4-2/h32,34,37-38,41H,3-31,33,35-36H2,1-2H3,(H,40,42)(H2,43,44,45)/b34-32+/t37-,38+/m0/s1. The highest BCUT2D eigenvalue weighted by atomic mass is 31.2. The molecule has 0 heterocycles. The van der Waals surface area contributed by atoms with Gasteiger partial charge in [-0.2, -0.15) is 0 Å². The van der Waals surface area contributed by atoms with E-state index in [1.54, 1.807) is 6.08 Å². The Labute approximate surface area is 291 Å². The summed E-state index contributed by atoms with van der Waals surface area (Å²) in [7, 11) is -4.71. The van der Waals surface area contributed by atoms with Gasteiger partial charge in [-0.25, -0.2) is 4.57 Å². The SMILES string of the molecule is CCCCCCCCCCCC/C=C/[C@@H](O)[C@H](COP(=O)(O)O)NC(=O)CCCCCCCCCCCCCCCCCCCCC. The fourth-order valence-corrected chi connectivity index (χ4v) is 6.52. The van der Waals surface area contributed by atoms with Gasteiger partial charge < -0.3 is 20.2 Å². The van der Waals surface area contributed by atoms with Crippen LogP contribution in [0, 0.1) is 0 Å². The Morgan fingerprint density at radius 2 is 0.936 bits per heavy atom. The second-order valence-corrected chi connectivity index (χ2v) is 15.2. The van der Waals surface area contributed by atoms with Crippen molar-refractivity contribution >= 4 is 13.7 Å². The van der Waals surface area contributed by atoms with Crippen LogP contribution in [0.2, 0.25) is 0 Å². The van der Waals surface area contributed by atoms with Gasteiger partial charge in [0.25, 0.3) is 0 Å². The number of phosphoric ester groups is 1. The lowest BCUT2D eigenvalue weighted by Crippen LogP contribution is -2.45. The molecule has 47 heavy (non-hydrogen) atoms. The zero-order chi connectivity index (χ0) is 34.7. The maximum absolute atomic E-state index is 12.5. The van der Waals surface area contributed by atoms with Crippen molar-refractivity contribution in [1.82, 2.24) is 5.32 Å². The lowest BCUT2D eigenvalue weighted by molar-refractivity contribution is -0.123. The quantitative estimate of drug-likeness (QED) is 0.0293. The second kappa shape index (κ2) is 35.1. The van der Waals surface area contributed by atoms with Gasteiger partial charge in [-0.1, -0.05) is 199 Å². The molecule has 7 nitrogen and oxygen atoms in total. The summed E-state index contributed by atoms with van der Waals surface area (Å²) >= 11 is 0. The van der Waals surface area contributed by atoms with Crippen LogP contribution in [0.5, 0.6) is 0 Å². The number of allylic oxidation sites excluding steroid dienone is 1. The van der Waals surface area contributed by atoms with Gasteiger partial charge in [0.2, 0.25) is 5.91 Å². The van der Waals surface area contributed by atoms with E-state index in [1.165, 1.54) is 154 Å². The van der Waals surface area contributed by atoms with Crippen LogP contribution in [-0.4, -0.2) is 39.6 Å². The van der Waals surface area contributed by atoms with E-state index in [9.17, 15) is 14.5 Å². The maximum Gasteiger partial charge on any atom is 0.469 e. The molecule has 8 heteroatoms. The Kier molecular flexibility index (Phi) is 34.6. The maximum atomic E-state index is 12.5. The van der Waals surface area contributed by atoms with E-state index >= 15 is 0 Å². The van der Waals surface area contributed by atoms with E-state index in [0.717, 1.165) is 38.5 Å². The molecule has 0 aromatic heterocycles. The number of hydrogen-bond donors (Lipinski definition) is 4. The van der Waals surface area contributed by atoms with Gasteiger partial charge in [0, 0.05) is 6.42 Å². The molecule has 0 saturated heterocycles. The van der Waals surface area contributed by atoms with Gasteiger partial charge in [-0.15, -0.1) is 0 Å². The van der Waals surface area contributed by atoms with E-state index < -0.39 is 26.6 Å². The minimum Gasteiger partial charge on any atom is -0.387 e. The number of carbonyl (C=O) groups is 1. The fourth-order valence-electron chi connectivity index (χ4n) is 6.17. The number of rotatable bonds is 37. The Bertz CT molecular complexity index is 743. The monoisotopic (exact) mass is 688 g/mol. The molecule has 4 N–H and O–H groups in total. The first-order valence-electron chi connectivity index (χ1n) is 20.1. The molecular formula is C39H78NO6P. The van der Waals surface area contributed by atoms with E-state index in [-0.39, 0.29) is 5.91 Å². The normalized spacial score (nSPS) is 13.4. The molecule has 0 aliphatic rings. The number of nitrogens with one attached hydrogen (secondary N) is 1. The van der Waals surface area contributed by atoms with Crippen LogP contribution in [0.1, 0.15) is 213 Å². The van der Waals surface area contributed by atoms with Crippen LogP contribution in [0.4, 0.5) is 0 Å². The summed E-state index contributed by atoms with van der Waals surface area (Å²) in [6, 6.07) is -0.903. The molecule has 0 aliphatic heterocycles. The van der Waals surface area contributed by atoms with Crippen molar-refractivity contribution in [3.63, 3.8) is 0 Å². The van der Waals surface area contributed by atoms with E-state index in [2.05, 4.69) is 23.7 Å². The Hall–Kier alpha value is -0.720. The van der Waals surface area contributed by atoms with Crippen molar-refractivity contribution < 1.29 is 28.8 Å². The molecule has 0 radical (unpaired) electrons. The van der Waals surface area contributed by atoms with Crippen LogP contribution in [0.3, 0.4) is 0 Å². The third-order valence-corrected chi connectivity index (χ3v) is 9.73. The van der Waals surface area contributed by atoms with Gasteiger partial charge >= 0.3 is 7.82 Å². The number of phosphoric acid groups is 1. The number of aliphatic hydroxyl groups is 1. The highest BCUT2D eigenvalue weighted by molar-refractivity contribution is 7.46. The summed E-state index contributed by atoms with van der Waals surface area (Å²) in [4.78, 5) is 30.8. The van der Waals surface area contributed by atoms with Gasteiger partial charge in [-0.05, 0) is 19.3 Å². The molecule has 0 bridgehead atoms. The van der Waals surface area contributed by atoms with Gasteiger partial charge in [0.05, 0.1) is 18.8 Å². The number of hydrogen-bond acceptors (Lipinski definition) is 4. The highest BCUT2D eigenvalue weighted by Gasteiger charge is 2.24. The summed E-state index contributed by atoms with van der Waals surface area (Å²) < 4.78 is 15.9. The van der Waals surface area contributed by atoms with Crippen LogP contribution in [0.15, 0.2) is 12.2 Å². The number of amides is 1. The molecule has 280 valence electrons. The van der Waals surface area contributed by atoms with Gasteiger partial charge in [0.1, 0.15) is 0 Å².